The third kappa shape index (κ3) is 3.38. The molecule has 0 bridgehead atoms. The maximum Gasteiger partial charge on any atom is 0.293 e. The Hall–Kier alpha value is -2.10. The van der Waals surface area contributed by atoms with Crippen LogP contribution < -0.4 is 5.73 Å². The topological polar surface area (TPSA) is 88.4 Å². The van der Waals surface area contributed by atoms with Crippen LogP contribution in [0, 0.1) is 11.3 Å². The van der Waals surface area contributed by atoms with E-state index in [1.807, 2.05) is 32.9 Å². The molecule has 2 saturated heterocycles. The number of carbonyl (C=O) groups excluding carboxylic acids is 1. The lowest BCUT2D eigenvalue weighted by Crippen LogP contribution is -2.17. The van der Waals surface area contributed by atoms with Gasteiger partial charge in [0.2, 0.25) is 0 Å². The van der Waals surface area contributed by atoms with Gasteiger partial charge in [-0.15, -0.1) is 0 Å². The zero-order valence-corrected chi connectivity index (χ0v) is 13.1. The molecule has 0 spiro atoms. The summed E-state index contributed by atoms with van der Waals surface area (Å²) in [6, 6.07) is 7.61. The first-order valence-electron chi connectivity index (χ1n) is 7.13. The zero-order valence-electron chi connectivity index (χ0n) is 13.1. The molecule has 2 aliphatic heterocycles. The number of fused-ring (bicyclic) bond motifs is 1. The number of carbonyl (C=O) groups is 1. The summed E-state index contributed by atoms with van der Waals surface area (Å²) >= 11 is 0. The second-order valence-electron chi connectivity index (χ2n) is 6.30. The van der Waals surface area contributed by atoms with Crippen molar-refractivity contribution in [2.24, 2.45) is 0 Å². The van der Waals surface area contributed by atoms with E-state index in [-0.39, 0.29) is 11.3 Å². The molecule has 3 rings (SSSR count). The van der Waals surface area contributed by atoms with Crippen LogP contribution >= 0.6 is 0 Å². The number of nitrogen functional groups attached to an aromatic ring is 1. The average molecular weight is 303 g/mol. The molecule has 1 aromatic carbocycles. The minimum atomic E-state index is -0.318. The molecule has 2 unspecified atom stereocenters. The van der Waals surface area contributed by atoms with Crippen molar-refractivity contribution in [1.82, 2.24) is 4.90 Å². The van der Waals surface area contributed by atoms with Gasteiger partial charge in [-0.3, -0.25) is 9.69 Å². The third-order valence-electron chi connectivity index (χ3n) is 3.50. The van der Waals surface area contributed by atoms with Crippen LogP contribution in [-0.4, -0.2) is 36.7 Å². The number of rotatable bonds is 2. The summed E-state index contributed by atoms with van der Waals surface area (Å²) in [5, 5.41) is 9.06. The van der Waals surface area contributed by atoms with Crippen molar-refractivity contribution in [3.8, 4) is 6.07 Å². The van der Waals surface area contributed by atoms with Crippen LogP contribution in [0.5, 0.6) is 0 Å². The lowest BCUT2D eigenvalue weighted by molar-refractivity contribution is -0.138. The largest absolute Gasteiger partial charge is 0.462 e. The van der Waals surface area contributed by atoms with Gasteiger partial charge in [0.25, 0.3) is 6.47 Å². The summed E-state index contributed by atoms with van der Waals surface area (Å²) in [5.41, 5.74) is 7.23. The minimum Gasteiger partial charge on any atom is -0.462 e. The van der Waals surface area contributed by atoms with E-state index >= 15 is 0 Å². The fourth-order valence-corrected chi connectivity index (χ4v) is 2.42. The number of nitrogens with zero attached hydrogens (tertiary/aromatic N) is 2. The molecule has 2 atom stereocenters. The van der Waals surface area contributed by atoms with Crippen molar-refractivity contribution in [1.29, 1.82) is 5.26 Å². The third-order valence-corrected chi connectivity index (χ3v) is 3.50. The summed E-state index contributed by atoms with van der Waals surface area (Å²) in [6.07, 6.45) is 0. The summed E-state index contributed by atoms with van der Waals surface area (Å²) in [4.78, 5) is 11.8. The molecule has 1 aromatic rings. The SMILES string of the molecule is CC(C)(C)OC=O.N#Cc1cc(N)ccc1C12CN1CCO2. The summed E-state index contributed by atoms with van der Waals surface area (Å²) < 4.78 is 10.3. The highest BCUT2D eigenvalue weighted by Crippen LogP contribution is 2.48. The van der Waals surface area contributed by atoms with Crippen molar-refractivity contribution in [3.63, 3.8) is 0 Å². The van der Waals surface area contributed by atoms with Gasteiger partial charge >= 0.3 is 0 Å². The molecule has 22 heavy (non-hydrogen) atoms. The standard InChI is InChI=1S/C11H11N3O.C5H10O2/c12-6-8-5-9(13)1-2-10(8)11-7-14(11)3-4-15-11;1-5(2,3)7-4-6/h1-2,5H,3-4,7,13H2;4H,1-3H3. The maximum absolute atomic E-state index is 9.60. The van der Waals surface area contributed by atoms with Crippen molar-refractivity contribution >= 4 is 12.2 Å². The molecule has 6 nitrogen and oxygen atoms in total. The highest BCUT2D eigenvalue weighted by atomic mass is 16.5. The molecule has 0 aliphatic carbocycles. The molecular formula is C16H21N3O3. The van der Waals surface area contributed by atoms with Crippen molar-refractivity contribution in [2.75, 3.05) is 25.4 Å². The Kier molecular flexibility index (Phi) is 4.40. The summed E-state index contributed by atoms with van der Waals surface area (Å²) in [6.45, 7) is 8.51. The average Bonchev–Trinajstić information content (AvgIpc) is 2.99. The van der Waals surface area contributed by atoms with E-state index in [0.717, 1.165) is 25.3 Å². The van der Waals surface area contributed by atoms with Gasteiger partial charge in [0.05, 0.1) is 18.2 Å². The van der Waals surface area contributed by atoms with E-state index in [2.05, 4.69) is 15.7 Å². The molecule has 2 fully saturated rings. The van der Waals surface area contributed by atoms with Crippen LogP contribution in [0.3, 0.4) is 0 Å². The highest BCUT2D eigenvalue weighted by molar-refractivity contribution is 5.53. The lowest BCUT2D eigenvalue weighted by atomic mass is 10.0. The van der Waals surface area contributed by atoms with Gasteiger partial charge in [-0.1, -0.05) is 6.07 Å². The van der Waals surface area contributed by atoms with Gasteiger partial charge in [0.1, 0.15) is 5.60 Å². The van der Waals surface area contributed by atoms with Crippen molar-refractivity contribution < 1.29 is 14.3 Å². The molecule has 0 aromatic heterocycles. The summed E-state index contributed by atoms with van der Waals surface area (Å²) in [7, 11) is 0. The first kappa shape index (κ1) is 16.3. The smallest absolute Gasteiger partial charge is 0.293 e. The van der Waals surface area contributed by atoms with E-state index in [4.69, 9.17) is 15.7 Å². The Balaban J connectivity index is 0.000000217. The van der Waals surface area contributed by atoms with Crippen LogP contribution in [-0.2, 0) is 20.0 Å². The lowest BCUT2D eigenvalue weighted by Gasteiger charge is -2.14. The van der Waals surface area contributed by atoms with E-state index in [1.165, 1.54) is 0 Å². The fraction of sp³-hybridized carbons (Fsp3) is 0.500. The first-order chi connectivity index (χ1) is 10.3. The number of hydrogen-bond acceptors (Lipinski definition) is 6. The molecule has 118 valence electrons. The maximum atomic E-state index is 9.60. The molecule has 0 radical (unpaired) electrons. The summed E-state index contributed by atoms with van der Waals surface area (Å²) in [5.74, 6) is 0. The van der Waals surface area contributed by atoms with Gasteiger partial charge in [-0.25, -0.2) is 0 Å². The van der Waals surface area contributed by atoms with Gasteiger partial charge < -0.3 is 15.2 Å². The molecule has 2 aliphatic rings. The predicted molar refractivity (Wildman–Crippen MR) is 81.7 cm³/mol. The number of morpholine rings is 1. The Morgan fingerprint density at radius 3 is 2.64 bits per heavy atom. The Morgan fingerprint density at radius 2 is 2.23 bits per heavy atom. The van der Waals surface area contributed by atoms with Gasteiger partial charge in [-0.2, -0.15) is 5.26 Å². The van der Waals surface area contributed by atoms with Crippen LogP contribution in [0.15, 0.2) is 18.2 Å². The van der Waals surface area contributed by atoms with Crippen LogP contribution in [0.4, 0.5) is 5.69 Å². The molecule has 6 heteroatoms. The van der Waals surface area contributed by atoms with Crippen LogP contribution in [0.25, 0.3) is 0 Å². The second kappa shape index (κ2) is 5.95. The normalized spacial score (nSPS) is 25.3. The van der Waals surface area contributed by atoms with Gasteiger partial charge in [-0.05, 0) is 32.9 Å². The Labute approximate surface area is 130 Å². The molecule has 2 N–H and O–H groups in total. The van der Waals surface area contributed by atoms with Gasteiger partial charge in [0.15, 0.2) is 5.72 Å². The monoisotopic (exact) mass is 303 g/mol. The molecule has 0 saturated carbocycles. The first-order valence-corrected chi connectivity index (χ1v) is 7.13. The van der Waals surface area contributed by atoms with E-state index in [0.29, 0.717) is 17.7 Å². The number of ether oxygens (including phenoxy) is 2. The number of benzene rings is 1. The number of anilines is 1. The second-order valence-corrected chi connectivity index (χ2v) is 6.30. The molecule has 2 heterocycles. The number of hydrogen-bond donors (Lipinski definition) is 1. The highest BCUT2D eigenvalue weighted by Gasteiger charge is 2.59. The minimum absolute atomic E-state index is 0.307. The Bertz CT molecular complexity index is 604. The van der Waals surface area contributed by atoms with E-state index in [9.17, 15) is 4.79 Å². The predicted octanol–water partition coefficient (Wildman–Crippen LogP) is 1.60. The quantitative estimate of drug-likeness (QED) is 0.507. The van der Waals surface area contributed by atoms with E-state index < -0.39 is 0 Å². The molecule has 0 amide bonds. The fourth-order valence-electron chi connectivity index (χ4n) is 2.42. The zero-order chi connectivity index (χ0) is 16.4. The van der Waals surface area contributed by atoms with Gasteiger partial charge in [0, 0.05) is 24.3 Å². The number of nitrogens with two attached hydrogens (primary N) is 1. The Morgan fingerprint density at radius 1 is 1.50 bits per heavy atom. The van der Waals surface area contributed by atoms with Crippen LogP contribution in [0.2, 0.25) is 0 Å². The van der Waals surface area contributed by atoms with Crippen molar-refractivity contribution in [3.05, 3.63) is 29.3 Å². The van der Waals surface area contributed by atoms with E-state index in [1.54, 1.807) is 6.07 Å². The number of nitriles is 1. The molecular weight excluding hydrogens is 282 g/mol. The van der Waals surface area contributed by atoms with Crippen LogP contribution in [0.1, 0.15) is 31.9 Å². The van der Waals surface area contributed by atoms with Crippen molar-refractivity contribution in [2.45, 2.75) is 32.1 Å².